The zero-order valence-electron chi connectivity index (χ0n) is 16.9. The summed E-state index contributed by atoms with van der Waals surface area (Å²) < 4.78 is 28.4. The quantitative estimate of drug-likeness (QED) is 0.763. The number of hydrogen-bond donors (Lipinski definition) is 2. The smallest absolute Gasteiger partial charge is 0.318 e. The Morgan fingerprint density at radius 3 is 2.71 bits per heavy atom. The molecule has 1 unspecified atom stereocenters. The Kier molecular flexibility index (Phi) is 6.91. The lowest BCUT2D eigenvalue weighted by Gasteiger charge is -2.46. The first-order chi connectivity index (χ1) is 13.5. The van der Waals surface area contributed by atoms with E-state index in [0.29, 0.717) is 25.4 Å². The van der Waals surface area contributed by atoms with Crippen LogP contribution in [0.4, 0.5) is 13.6 Å². The van der Waals surface area contributed by atoms with Crippen molar-refractivity contribution in [3.63, 3.8) is 0 Å². The van der Waals surface area contributed by atoms with Crippen molar-refractivity contribution in [2.45, 2.75) is 76.3 Å². The van der Waals surface area contributed by atoms with Crippen LogP contribution >= 0.6 is 0 Å². The number of nitrogens with two attached hydrogens (primary N) is 1. The van der Waals surface area contributed by atoms with Gasteiger partial charge in [-0.05, 0) is 44.6 Å². The molecule has 0 spiro atoms. The van der Waals surface area contributed by atoms with Crippen molar-refractivity contribution in [2.24, 2.45) is 11.7 Å². The number of halogens is 2. The van der Waals surface area contributed by atoms with Gasteiger partial charge < -0.3 is 16.0 Å². The maximum Gasteiger partial charge on any atom is 0.318 e. The van der Waals surface area contributed by atoms with E-state index >= 15 is 0 Å². The van der Waals surface area contributed by atoms with Crippen LogP contribution in [-0.4, -0.2) is 30.1 Å². The lowest BCUT2D eigenvalue weighted by Crippen LogP contribution is -2.57. The first-order valence-corrected chi connectivity index (χ1v) is 10.7. The monoisotopic (exact) mass is 393 g/mol. The Balaban J connectivity index is 1.75. The number of rotatable bonds is 5. The van der Waals surface area contributed by atoms with Crippen LogP contribution < -0.4 is 11.1 Å². The van der Waals surface area contributed by atoms with Gasteiger partial charge in [0.25, 0.3) is 0 Å². The van der Waals surface area contributed by atoms with Crippen LogP contribution in [0.3, 0.4) is 0 Å². The molecule has 1 saturated carbocycles. The number of likely N-dealkylation sites (tertiary alicyclic amines) is 1. The molecule has 2 fully saturated rings. The van der Waals surface area contributed by atoms with E-state index in [1.54, 1.807) is 11.0 Å². The molecule has 0 bridgehead atoms. The van der Waals surface area contributed by atoms with E-state index in [4.69, 9.17) is 5.73 Å². The highest BCUT2D eigenvalue weighted by molar-refractivity contribution is 5.76. The molecule has 156 valence electrons. The minimum atomic E-state index is -0.873. The number of benzene rings is 1. The van der Waals surface area contributed by atoms with Crippen LogP contribution in [0.5, 0.6) is 0 Å². The lowest BCUT2D eigenvalue weighted by atomic mass is 9.81. The normalized spacial score (nSPS) is 24.8. The van der Waals surface area contributed by atoms with Crippen LogP contribution in [-0.2, 0) is 5.54 Å². The van der Waals surface area contributed by atoms with Crippen molar-refractivity contribution < 1.29 is 13.6 Å². The number of carbonyl (C=O) groups is 1. The Hall–Kier alpha value is -1.69. The number of carbonyl (C=O) groups excluding carboxylic acids is 1. The lowest BCUT2D eigenvalue weighted by molar-refractivity contribution is 0.0819. The highest BCUT2D eigenvalue weighted by atomic mass is 19.2. The Bertz CT molecular complexity index is 678. The largest absolute Gasteiger partial charge is 0.334 e. The van der Waals surface area contributed by atoms with Crippen molar-refractivity contribution in [3.8, 4) is 0 Å². The van der Waals surface area contributed by atoms with Crippen molar-refractivity contribution in [2.75, 3.05) is 13.1 Å². The summed E-state index contributed by atoms with van der Waals surface area (Å²) in [6, 6.07) is 3.91. The fraction of sp³-hybridized carbons (Fsp3) is 0.682. The first-order valence-electron chi connectivity index (χ1n) is 10.7. The summed E-state index contributed by atoms with van der Waals surface area (Å²) in [6.45, 7) is 2.75. The molecule has 2 amide bonds. The van der Waals surface area contributed by atoms with Gasteiger partial charge in [-0.2, -0.15) is 0 Å². The van der Waals surface area contributed by atoms with Crippen LogP contribution in [0.2, 0.25) is 0 Å². The standard InChI is InChI=1S/C22H33F2N3O/c1-22(18-10-7-11-19(23)20(18)24)12-5-6-13-27(22)21(28)26-17(15-25)14-16-8-3-2-4-9-16/h7,10-11,16-17H,2-6,8-9,12-15,25H2,1H3,(H,26,28)/t17-,22?/m0/s1. The molecule has 1 aliphatic heterocycles. The van der Waals surface area contributed by atoms with Crippen molar-refractivity contribution >= 4 is 6.03 Å². The van der Waals surface area contributed by atoms with E-state index in [1.807, 2.05) is 6.92 Å². The molecule has 1 heterocycles. The van der Waals surface area contributed by atoms with E-state index in [1.165, 1.54) is 38.2 Å². The van der Waals surface area contributed by atoms with Gasteiger partial charge in [-0.15, -0.1) is 0 Å². The van der Waals surface area contributed by atoms with Gasteiger partial charge >= 0.3 is 6.03 Å². The van der Waals surface area contributed by atoms with Crippen LogP contribution in [0, 0.1) is 17.6 Å². The minimum absolute atomic E-state index is 0.0841. The molecule has 4 nitrogen and oxygen atoms in total. The average molecular weight is 394 g/mol. The predicted octanol–water partition coefficient (Wildman–Crippen LogP) is 4.67. The molecule has 3 N–H and O–H groups in total. The molecule has 2 atom stereocenters. The number of urea groups is 1. The third-order valence-corrected chi connectivity index (χ3v) is 6.62. The number of piperidine rings is 1. The van der Waals surface area contributed by atoms with Crippen LogP contribution in [0.15, 0.2) is 18.2 Å². The van der Waals surface area contributed by atoms with Crippen molar-refractivity contribution in [1.29, 1.82) is 0 Å². The molecule has 0 radical (unpaired) electrons. The summed E-state index contributed by atoms with van der Waals surface area (Å²) in [5, 5.41) is 3.09. The summed E-state index contributed by atoms with van der Waals surface area (Å²) in [7, 11) is 0. The molecule has 1 aromatic rings. The Morgan fingerprint density at radius 2 is 2.00 bits per heavy atom. The molecule has 0 aromatic heterocycles. The van der Waals surface area contributed by atoms with Gasteiger partial charge in [0.05, 0.1) is 5.54 Å². The number of hydrogen-bond acceptors (Lipinski definition) is 2. The molecule has 2 aliphatic rings. The van der Waals surface area contributed by atoms with Crippen LogP contribution in [0.1, 0.15) is 70.3 Å². The highest BCUT2D eigenvalue weighted by Gasteiger charge is 2.41. The van der Waals surface area contributed by atoms with E-state index in [0.717, 1.165) is 25.3 Å². The third-order valence-electron chi connectivity index (χ3n) is 6.62. The number of nitrogens with zero attached hydrogens (tertiary/aromatic N) is 1. The summed E-state index contributed by atoms with van der Waals surface area (Å²) >= 11 is 0. The first kappa shape index (κ1) is 21.0. The second-order valence-corrected chi connectivity index (χ2v) is 8.61. The average Bonchev–Trinajstić information content (AvgIpc) is 2.70. The van der Waals surface area contributed by atoms with Crippen LogP contribution in [0.25, 0.3) is 0 Å². The predicted molar refractivity (Wildman–Crippen MR) is 107 cm³/mol. The van der Waals surface area contributed by atoms with Gasteiger partial charge in [-0.3, -0.25) is 0 Å². The second-order valence-electron chi connectivity index (χ2n) is 8.61. The molecule has 1 saturated heterocycles. The molecular formula is C22H33F2N3O. The topological polar surface area (TPSA) is 58.4 Å². The molecule has 3 rings (SSSR count). The Morgan fingerprint density at radius 1 is 1.25 bits per heavy atom. The zero-order chi connectivity index (χ0) is 20.1. The minimum Gasteiger partial charge on any atom is -0.334 e. The second kappa shape index (κ2) is 9.21. The van der Waals surface area contributed by atoms with Gasteiger partial charge in [0, 0.05) is 24.7 Å². The fourth-order valence-corrected chi connectivity index (χ4v) is 4.94. The highest BCUT2D eigenvalue weighted by Crippen LogP contribution is 2.39. The number of nitrogens with one attached hydrogen (secondary N) is 1. The molecular weight excluding hydrogens is 360 g/mol. The third kappa shape index (κ3) is 4.48. The summed E-state index contributed by atoms with van der Waals surface area (Å²) in [5.74, 6) is -1.12. The van der Waals surface area contributed by atoms with Crippen molar-refractivity contribution in [3.05, 3.63) is 35.4 Å². The number of amides is 2. The zero-order valence-corrected chi connectivity index (χ0v) is 16.9. The molecule has 1 aliphatic carbocycles. The molecule has 28 heavy (non-hydrogen) atoms. The fourth-order valence-electron chi connectivity index (χ4n) is 4.94. The summed E-state index contributed by atoms with van der Waals surface area (Å²) in [6.07, 6.45) is 9.41. The van der Waals surface area contributed by atoms with Gasteiger partial charge in [-0.25, -0.2) is 13.6 Å². The Labute approximate surface area is 166 Å². The van der Waals surface area contributed by atoms with E-state index in [2.05, 4.69) is 5.32 Å². The van der Waals surface area contributed by atoms with Gasteiger partial charge in [0.1, 0.15) is 0 Å². The van der Waals surface area contributed by atoms with Gasteiger partial charge in [0.15, 0.2) is 11.6 Å². The maximum atomic E-state index is 14.6. The van der Waals surface area contributed by atoms with E-state index < -0.39 is 17.2 Å². The van der Waals surface area contributed by atoms with E-state index in [-0.39, 0.29) is 17.6 Å². The van der Waals surface area contributed by atoms with E-state index in [9.17, 15) is 13.6 Å². The maximum absolute atomic E-state index is 14.6. The van der Waals surface area contributed by atoms with Gasteiger partial charge in [0.2, 0.25) is 0 Å². The summed E-state index contributed by atoms with van der Waals surface area (Å²) in [4.78, 5) is 14.8. The summed E-state index contributed by atoms with van der Waals surface area (Å²) in [5.41, 5.74) is 5.33. The van der Waals surface area contributed by atoms with Gasteiger partial charge in [-0.1, -0.05) is 44.2 Å². The van der Waals surface area contributed by atoms with Crippen molar-refractivity contribution in [1.82, 2.24) is 10.2 Å². The molecule has 6 heteroatoms. The molecule has 1 aromatic carbocycles. The SMILES string of the molecule is CC1(c2cccc(F)c2F)CCCCN1C(=O)N[C@H](CN)CC1CCCCC1.